The number of sulfonamides is 1. The number of anilines is 1. The van der Waals surface area contributed by atoms with Gasteiger partial charge in [0.25, 0.3) is 11.6 Å². The van der Waals surface area contributed by atoms with Crippen LogP contribution in [0.1, 0.15) is 42.1 Å². The Kier molecular flexibility index (Phi) is 5.99. The van der Waals surface area contributed by atoms with Crippen molar-refractivity contribution >= 4 is 27.3 Å². The zero-order valence-electron chi connectivity index (χ0n) is 16.3. The Morgan fingerprint density at radius 1 is 1.21 bits per heavy atom. The first-order valence-electron chi connectivity index (χ1n) is 9.38. The van der Waals surface area contributed by atoms with E-state index in [1.54, 1.807) is 19.1 Å². The normalized spacial score (nSPS) is 17.7. The van der Waals surface area contributed by atoms with Crippen molar-refractivity contribution in [1.29, 1.82) is 0 Å². The second-order valence-corrected chi connectivity index (χ2v) is 9.09. The summed E-state index contributed by atoms with van der Waals surface area (Å²) >= 11 is 0. The number of hydrogen-bond donors (Lipinski definition) is 1. The maximum atomic E-state index is 13.0. The third-order valence-corrected chi connectivity index (χ3v) is 7.12. The smallest absolute Gasteiger partial charge is 0.274 e. The number of carbonyl (C=O) groups excluding carboxylic acids is 1. The van der Waals surface area contributed by atoms with E-state index >= 15 is 0 Å². The van der Waals surface area contributed by atoms with Gasteiger partial charge in [-0.15, -0.1) is 0 Å². The minimum absolute atomic E-state index is 0.0637. The minimum Gasteiger partial charge on any atom is -0.322 e. The summed E-state index contributed by atoms with van der Waals surface area (Å²) in [7, 11) is -3.70. The number of nitrogens with one attached hydrogen (secondary N) is 1. The molecule has 1 unspecified atom stereocenters. The molecule has 1 saturated heterocycles. The van der Waals surface area contributed by atoms with Crippen LogP contribution in [-0.4, -0.2) is 36.1 Å². The Labute approximate surface area is 169 Å². The highest BCUT2D eigenvalue weighted by molar-refractivity contribution is 7.89. The summed E-state index contributed by atoms with van der Waals surface area (Å²) in [6, 6.07) is 10.2. The molecule has 29 heavy (non-hydrogen) atoms. The molecule has 3 rings (SSSR count). The number of rotatable bonds is 5. The minimum atomic E-state index is -3.70. The Bertz CT molecular complexity index is 1050. The van der Waals surface area contributed by atoms with E-state index in [-0.39, 0.29) is 27.9 Å². The average molecular weight is 417 g/mol. The molecule has 8 nitrogen and oxygen atoms in total. The predicted octanol–water partition coefficient (Wildman–Crippen LogP) is 3.72. The van der Waals surface area contributed by atoms with Crippen molar-refractivity contribution in [3.8, 4) is 0 Å². The van der Waals surface area contributed by atoms with Gasteiger partial charge in [-0.1, -0.05) is 18.6 Å². The molecule has 1 heterocycles. The first kappa shape index (κ1) is 20.9. The molecule has 9 heteroatoms. The molecule has 0 saturated carbocycles. The second kappa shape index (κ2) is 8.30. The summed E-state index contributed by atoms with van der Waals surface area (Å²) in [4.78, 5) is 23.2. The van der Waals surface area contributed by atoms with E-state index in [1.807, 2.05) is 6.92 Å². The summed E-state index contributed by atoms with van der Waals surface area (Å²) in [5.41, 5.74) is 0.819. The van der Waals surface area contributed by atoms with Gasteiger partial charge in [0.1, 0.15) is 0 Å². The lowest BCUT2D eigenvalue weighted by atomic mass is 10.1. The molecule has 0 aliphatic carbocycles. The van der Waals surface area contributed by atoms with E-state index in [1.165, 1.54) is 34.6 Å². The third-order valence-electron chi connectivity index (χ3n) is 5.11. The fraction of sp³-hybridized carbons (Fsp3) is 0.350. The number of nitro benzene ring substituents is 1. The lowest BCUT2D eigenvalue weighted by molar-refractivity contribution is -0.385. The van der Waals surface area contributed by atoms with Crippen LogP contribution in [0.3, 0.4) is 0 Å². The topological polar surface area (TPSA) is 110 Å². The van der Waals surface area contributed by atoms with Gasteiger partial charge in [0, 0.05) is 35.5 Å². The van der Waals surface area contributed by atoms with E-state index in [4.69, 9.17) is 0 Å². The van der Waals surface area contributed by atoms with Crippen molar-refractivity contribution in [2.24, 2.45) is 0 Å². The SMILES string of the molecule is Cc1ccc(NC(=O)c2cccc(S(=O)(=O)N3CCCCC3C)c2)cc1[N+](=O)[O-]. The van der Waals surface area contributed by atoms with Gasteiger partial charge >= 0.3 is 0 Å². The molecular formula is C20H23N3O5S. The Hall–Kier alpha value is -2.78. The molecule has 1 amide bonds. The van der Waals surface area contributed by atoms with Gasteiger partial charge in [-0.05, 0) is 51.0 Å². The van der Waals surface area contributed by atoms with Crippen molar-refractivity contribution in [1.82, 2.24) is 4.31 Å². The van der Waals surface area contributed by atoms with E-state index in [2.05, 4.69) is 5.32 Å². The monoisotopic (exact) mass is 417 g/mol. The highest BCUT2D eigenvalue weighted by atomic mass is 32.2. The van der Waals surface area contributed by atoms with E-state index in [0.717, 1.165) is 19.3 Å². The first-order valence-corrected chi connectivity index (χ1v) is 10.8. The van der Waals surface area contributed by atoms with Gasteiger partial charge in [0.2, 0.25) is 10.0 Å². The van der Waals surface area contributed by atoms with Crippen LogP contribution < -0.4 is 5.32 Å². The van der Waals surface area contributed by atoms with Gasteiger partial charge in [0.05, 0.1) is 9.82 Å². The molecule has 2 aromatic carbocycles. The highest BCUT2D eigenvalue weighted by Crippen LogP contribution is 2.26. The number of benzene rings is 2. The Balaban J connectivity index is 1.85. The largest absolute Gasteiger partial charge is 0.322 e. The predicted molar refractivity (Wildman–Crippen MR) is 109 cm³/mol. The average Bonchev–Trinajstić information content (AvgIpc) is 2.69. The van der Waals surface area contributed by atoms with Gasteiger partial charge < -0.3 is 5.32 Å². The fourth-order valence-electron chi connectivity index (χ4n) is 3.45. The van der Waals surface area contributed by atoms with Crippen molar-refractivity contribution in [2.45, 2.75) is 44.0 Å². The quantitative estimate of drug-likeness (QED) is 0.589. The lowest BCUT2D eigenvalue weighted by Crippen LogP contribution is -2.41. The molecule has 0 bridgehead atoms. The van der Waals surface area contributed by atoms with Gasteiger partial charge in [-0.3, -0.25) is 14.9 Å². The number of carbonyl (C=O) groups is 1. The first-order chi connectivity index (χ1) is 13.7. The fourth-order valence-corrected chi connectivity index (χ4v) is 5.20. The molecule has 154 valence electrons. The number of amides is 1. The molecule has 2 aromatic rings. The van der Waals surface area contributed by atoms with Crippen molar-refractivity contribution in [2.75, 3.05) is 11.9 Å². The van der Waals surface area contributed by atoms with Gasteiger partial charge in [-0.25, -0.2) is 8.42 Å². The van der Waals surface area contributed by atoms with Gasteiger partial charge in [-0.2, -0.15) is 4.31 Å². The van der Waals surface area contributed by atoms with E-state index < -0.39 is 20.9 Å². The molecule has 1 N–H and O–H groups in total. The van der Waals surface area contributed by atoms with Crippen molar-refractivity contribution in [3.63, 3.8) is 0 Å². The van der Waals surface area contributed by atoms with Gasteiger partial charge in [0.15, 0.2) is 0 Å². The summed E-state index contributed by atoms with van der Waals surface area (Å²) in [6.45, 7) is 3.96. The summed E-state index contributed by atoms with van der Waals surface area (Å²) in [6.07, 6.45) is 2.62. The lowest BCUT2D eigenvalue weighted by Gasteiger charge is -2.32. The van der Waals surface area contributed by atoms with Crippen molar-refractivity contribution < 1.29 is 18.1 Å². The van der Waals surface area contributed by atoms with Crippen LogP contribution in [0, 0.1) is 17.0 Å². The highest BCUT2D eigenvalue weighted by Gasteiger charge is 2.31. The van der Waals surface area contributed by atoms with Crippen LogP contribution in [0.25, 0.3) is 0 Å². The van der Waals surface area contributed by atoms with Crippen LogP contribution in [0.15, 0.2) is 47.4 Å². The zero-order valence-corrected chi connectivity index (χ0v) is 17.1. The standard InChI is InChI=1S/C20H23N3O5S/c1-14-9-10-17(13-19(14)23(25)26)21-20(24)16-7-5-8-18(12-16)29(27,28)22-11-4-3-6-15(22)2/h5,7-10,12-13,15H,3-4,6,11H2,1-2H3,(H,21,24). The summed E-state index contributed by atoms with van der Waals surface area (Å²) in [5, 5.41) is 13.7. The van der Waals surface area contributed by atoms with E-state index in [0.29, 0.717) is 12.1 Å². The number of nitrogens with zero attached hydrogens (tertiary/aromatic N) is 2. The van der Waals surface area contributed by atoms with Crippen LogP contribution in [0.5, 0.6) is 0 Å². The number of nitro groups is 1. The molecule has 1 aliphatic rings. The van der Waals surface area contributed by atoms with E-state index in [9.17, 15) is 23.3 Å². The third kappa shape index (κ3) is 4.46. The summed E-state index contributed by atoms with van der Waals surface area (Å²) < 4.78 is 27.5. The molecule has 0 spiro atoms. The molecule has 0 aromatic heterocycles. The zero-order chi connectivity index (χ0) is 21.2. The summed E-state index contributed by atoms with van der Waals surface area (Å²) in [5.74, 6) is -0.535. The molecule has 1 atom stereocenters. The number of aryl methyl sites for hydroxylation is 1. The molecule has 0 radical (unpaired) electrons. The second-order valence-electron chi connectivity index (χ2n) is 7.20. The Morgan fingerprint density at radius 2 is 1.97 bits per heavy atom. The maximum absolute atomic E-state index is 13.0. The van der Waals surface area contributed by atoms with Crippen LogP contribution in [-0.2, 0) is 10.0 Å². The van der Waals surface area contributed by atoms with Crippen molar-refractivity contribution in [3.05, 3.63) is 63.7 Å². The maximum Gasteiger partial charge on any atom is 0.274 e. The van der Waals surface area contributed by atoms with Crippen LogP contribution >= 0.6 is 0 Å². The van der Waals surface area contributed by atoms with Crippen LogP contribution in [0.2, 0.25) is 0 Å². The molecule has 1 fully saturated rings. The Morgan fingerprint density at radius 3 is 2.66 bits per heavy atom. The molecular weight excluding hydrogens is 394 g/mol. The molecule has 1 aliphatic heterocycles. The number of piperidine rings is 1. The number of hydrogen-bond acceptors (Lipinski definition) is 5. The van der Waals surface area contributed by atoms with Crippen LogP contribution in [0.4, 0.5) is 11.4 Å².